The zero-order valence-corrected chi connectivity index (χ0v) is 22.1. The maximum atomic E-state index is 13.2. The monoisotopic (exact) mass is 515 g/mol. The van der Waals surface area contributed by atoms with Gasteiger partial charge in [0.1, 0.15) is 10.6 Å². The van der Waals surface area contributed by atoms with Crippen molar-refractivity contribution in [3.8, 4) is 16.9 Å². The second-order valence-corrected chi connectivity index (χ2v) is 12.2. The molecule has 0 aliphatic carbocycles. The molecule has 2 N–H and O–H groups in total. The first-order valence-corrected chi connectivity index (χ1v) is 14.0. The van der Waals surface area contributed by atoms with Gasteiger partial charge in [-0.3, -0.25) is 4.79 Å². The van der Waals surface area contributed by atoms with E-state index in [1.807, 2.05) is 61.0 Å². The molecule has 4 rings (SSSR count). The van der Waals surface area contributed by atoms with Crippen LogP contribution in [0.4, 0.5) is 0 Å². The van der Waals surface area contributed by atoms with Crippen LogP contribution in [0.1, 0.15) is 26.7 Å². The van der Waals surface area contributed by atoms with Gasteiger partial charge < -0.3 is 19.6 Å². The number of fused-ring (bicyclic) bond motifs is 1. The second-order valence-electron chi connectivity index (χ2n) is 10.5. The van der Waals surface area contributed by atoms with Crippen LogP contribution in [0.5, 0.6) is 5.75 Å². The molecule has 0 aromatic heterocycles. The van der Waals surface area contributed by atoms with Crippen molar-refractivity contribution >= 4 is 15.9 Å². The van der Waals surface area contributed by atoms with Gasteiger partial charge in [-0.25, -0.2) is 13.1 Å². The van der Waals surface area contributed by atoms with Crippen molar-refractivity contribution in [1.82, 2.24) is 14.5 Å². The number of aliphatic hydroxyl groups excluding tert-OH is 1. The molecule has 1 atom stereocenters. The van der Waals surface area contributed by atoms with E-state index in [9.17, 15) is 18.3 Å². The Morgan fingerprint density at radius 3 is 2.47 bits per heavy atom. The highest BCUT2D eigenvalue weighted by atomic mass is 32.2. The Balaban J connectivity index is 1.68. The van der Waals surface area contributed by atoms with Gasteiger partial charge in [0.05, 0.1) is 12.7 Å². The standard InChI is InChI=1S/C27H37N3O5S/c1-20(2)26(32)30-13-11-27(12-14-30)18-29(3)17-23(31)16-28-36(33,34)25-10-9-22(15-24(25)35-19-27)21-7-5-4-6-8-21/h4-10,15,20,23,28,31H,11-14,16-19H2,1-3H3. The van der Waals surface area contributed by atoms with Crippen LogP contribution in [0.2, 0.25) is 0 Å². The average Bonchev–Trinajstić information content (AvgIpc) is 2.86. The number of benzene rings is 2. The van der Waals surface area contributed by atoms with E-state index in [4.69, 9.17) is 4.74 Å². The van der Waals surface area contributed by atoms with Crippen LogP contribution in [-0.2, 0) is 14.8 Å². The Hall–Kier alpha value is -2.46. The van der Waals surface area contributed by atoms with Gasteiger partial charge in [0.25, 0.3) is 0 Å². The van der Waals surface area contributed by atoms with Crippen molar-refractivity contribution in [2.24, 2.45) is 11.3 Å². The highest BCUT2D eigenvalue weighted by Gasteiger charge is 2.39. The van der Waals surface area contributed by atoms with Gasteiger partial charge in [-0.2, -0.15) is 0 Å². The number of likely N-dealkylation sites (N-methyl/N-ethyl adjacent to an activating group) is 1. The summed E-state index contributed by atoms with van der Waals surface area (Å²) in [4.78, 5) is 16.6. The molecule has 36 heavy (non-hydrogen) atoms. The molecule has 0 saturated carbocycles. The molecule has 1 saturated heterocycles. The van der Waals surface area contributed by atoms with Gasteiger partial charge >= 0.3 is 0 Å². The number of nitrogens with one attached hydrogen (secondary N) is 1. The van der Waals surface area contributed by atoms with Crippen molar-refractivity contribution in [3.63, 3.8) is 0 Å². The predicted molar refractivity (Wildman–Crippen MR) is 139 cm³/mol. The van der Waals surface area contributed by atoms with E-state index < -0.39 is 16.1 Å². The van der Waals surface area contributed by atoms with Crippen LogP contribution in [0.3, 0.4) is 0 Å². The lowest BCUT2D eigenvalue weighted by Crippen LogP contribution is -2.52. The van der Waals surface area contributed by atoms with Crippen LogP contribution in [0.15, 0.2) is 53.4 Å². The number of carbonyl (C=O) groups excluding carboxylic acids is 1. The summed E-state index contributed by atoms with van der Waals surface area (Å²) in [7, 11) is -1.97. The molecule has 2 heterocycles. The maximum Gasteiger partial charge on any atom is 0.244 e. The number of likely N-dealkylation sites (tertiary alicyclic amines) is 1. The van der Waals surface area contributed by atoms with E-state index in [0.29, 0.717) is 38.5 Å². The zero-order chi connectivity index (χ0) is 25.9. The molecular formula is C27H37N3O5S. The van der Waals surface area contributed by atoms with E-state index >= 15 is 0 Å². The molecule has 2 aromatic rings. The fourth-order valence-corrected chi connectivity index (χ4v) is 6.34. The van der Waals surface area contributed by atoms with Gasteiger partial charge in [-0.05, 0) is 43.1 Å². The van der Waals surface area contributed by atoms with E-state index in [1.54, 1.807) is 18.2 Å². The number of hydrogen-bond acceptors (Lipinski definition) is 6. The predicted octanol–water partition coefficient (Wildman–Crippen LogP) is 2.58. The number of carbonyl (C=O) groups is 1. The summed E-state index contributed by atoms with van der Waals surface area (Å²) in [5.74, 6) is 0.393. The number of aliphatic hydroxyl groups is 1. The van der Waals surface area contributed by atoms with Crippen molar-refractivity contribution in [2.75, 3.05) is 46.4 Å². The molecule has 2 aliphatic rings. The Bertz CT molecular complexity index is 1160. The Kier molecular flexibility index (Phi) is 8.04. The first-order valence-electron chi connectivity index (χ1n) is 12.6. The van der Waals surface area contributed by atoms with Gasteiger partial charge in [0.2, 0.25) is 15.9 Å². The molecule has 2 aromatic carbocycles. The van der Waals surface area contributed by atoms with E-state index in [0.717, 1.165) is 24.0 Å². The highest BCUT2D eigenvalue weighted by molar-refractivity contribution is 7.89. The molecule has 196 valence electrons. The maximum absolute atomic E-state index is 13.2. The Labute approximate surface area is 214 Å². The Morgan fingerprint density at radius 1 is 1.11 bits per heavy atom. The molecule has 1 spiro atoms. The van der Waals surface area contributed by atoms with E-state index in [1.165, 1.54) is 0 Å². The van der Waals surface area contributed by atoms with Crippen LogP contribution < -0.4 is 9.46 Å². The van der Waals surface area contributed by atoms with Gasteiger partial charge in [-0.1, -0.05) is 50.2 Å². The van der Waals surface area contributed by atoms with Gasteiger partial charge in [0, 0.05) is 44.1 Å². The fraction of sp³-hybridized carbons (Fsp3) is 0.519. The minimum atomic E-state index is -3.90. The zero-order valence-electron chi connectivity index (χ0n) is 21.3. The summed E-state index contributed by atoms with van der Waals surface area (Å²) in [5, 5.41) is 10.5. The van der Waals surface area contributed by atoms with Crippen molar-refractivity contribution < 1.29 is 23.1 Å². The number of hydrogen-bond donors (Lipinski definition) is 2. The first kappa shape index (κ1) is 26.6. The minimum Gasteiger partial charge on any atom is -0.492 e. The molecule has 0 bridgehead atoms. The third-order valence-electron chi connectivity index (χ3n) is 7.14. The lowest BCUT2D eigenvalue weighted by atomic mass is 9.78. The molecule has 9 heteroatoms. The van der Waals surface area contributed by atoms with E-state index in [-0.39, 0.29) is 28.7 Å². The summed E-state index contributed by atoms with van der Waals surface area (Å²) < 4.78 is 35.2. The summed E-state index contributed by atoms with van der Waals surface area (Å²) >= 11 is 0. The number of β-amino-alcohol motifs (C(OH)–C–C–N with tert-alkyl or cyclic N) is 1. The molecular weight excluding hydrogens is 478 g/mol. The number of piperidine rings is 1. The fourth-order valence-electron chi connectivity index (χ4n) is 5.14. The first-order chi connectivity index (χ1) is 17.1. The van der Waals surface area contributed by atoms with Crippen LogP contribution in [0.25, 0.3) is 11.1 Å². The van der Waals surface area contributed by atoms with E-state index in [2.05, 4.69) is 4.72 Å². The smallest absolute Gasteiger partial charge is 0.244 e. The number of rotatable bonds is 2. The van der Waals surface area contributed by atoms with Crippen LogP contribution in [0, 0.1) is 11.3 Å². The third kappa shape index (κ3) is 6.08. The van der Waals surface area contributed by atoms with Crippen molar-refractivity contribution in [2.45, 2.75) is 37.7 Å². The summed E-state index contributed by atoms with van der Waals surface area (Å²) in [6.07, 6.45) is 0.631. The SMILES string of the molecule is CC(C)C(=O)N1CCC2(CC1)COc1cc(-c3ccccc3)ccc1S(=O)(=O)NCC(O)CN(C)C2. The molecule has 0 radical (unpaired) electrons. The summed E-state index contributed by atoms with van der Waals surface area (Å²) in [6.45, 7) is 6.33. The second kappa shape index (κ2) is 10.9. The Morgan fingerprint density at radius 2 is 1.81 bits per heavy atom. The normalized spacial score (nSPS) is 22.8. The number of ether oxygens (including phenoxy) is 1. The van der Waals surface area contributed by atoms with Crippen molar-refractivity contribution in [1.29, 1.82) is 0 Å². The molecule has 2 aliphatic heterocycles. The lowest BCUT2D eigenvalue weighted by Gasteiger charge is -2.44. The minimum absolute atomic E-state index is 0.0505. The average molecular weight is 516 g/mol. The largest absolute Gasteiger partial charge is 0.492 e. The van der Waals surface area contributed by atoms with Crippen LogP contribution in [-0.4, -0.2) is 81.7 Å². The topological polar surface area (TPSA) is 99.2 Å². The number of amides is 1. The van der Waals surface area contributed by atoms with Crippen LogP contribution >= 0.6 is 0 Å². The van der Waals surface area contributed by atoms with Gasteiger partial charge in [0.15, 0.2) is 0 Å². The van der Waals surface area contributed by atoms with Gasteiger partial charge in [-0.15, -0.1) is 0 Å². The quantitative estimate of drug-likeness (QED) is 0.638. The summed E-state index contributed by atoms with van der Waals surface area (Å²) in [5.41, 5.74) is 1.55. The highest BCUT2D eigenvalue weighted by Crippen LogP contribution is 2.37. The third-order valence-corrected chi connectivity index (χ3v) is 8.60. The number of nitrogens with zero attached hydrogens (tertiary/aromatic N) is 2. The lowest BCUT2D eigenvalue weighted by molar-refractivity contribution is -0.137. The molecule has 8 nitrogen and oxygen atoms in total. The molecule has 1 fully saturated rings. The molecule has 1 amide bonds. The van der Waals surface area contributed by atoms with Crippen molar-refractivity contribution in [3.05, 3.63) is 48.5 Å². The number of sulfonamides is 1. The summed E-state index contributed by atoms with van der Waals surface area (Å²) in [6, 6.07) is 14.9. The molecule has 1 unspecified atom stereocenters.